The van der Waals surface area contributed by atoms with Crippen LogP contribution in [-0.2, 0) is 23.6 Å². The second-order valence-corrected chi connectivity index (χ2v) is 5.84. The summed E-state index contributed by atoms with van der Waals surface area (Å²) < 4.78 is 33.7. The molecule has 7 nitrogen and oxygen atoms in total. The Morgan fingerprint density at radius 2 is 2.20 bits per heavy atom. The fourth-order valence-corrected chi connectivity index (χ4v) is 2.86. The number of aryl methyl sites for hydroxylation is 1. The number of nitrogens with zero attached hydrogens (tertiary/aromatic N) is 2. The van der Waals surface area contributed by atoms with Crippen molar-refractivity contribution < 1.29 is 13.2 Å². The number of nitrogens with two attached hydrogens (primary N) is 1. The molecule has 108 valence electrons. The van der Waals surface area contributed by atoms with Crippen LogP contribution in [0.3, 0.4) is 0 Å². The number of sulfonamides is 1. The lowest BCUT2D eigenvalue weighted by Crippen LogP contribution is -2.15. The Balaban J connectivity index is 2.43. The summed E-state index contributed by atoms with van der Waals surface area (Å²) in [4.78, 5) is 0.0777. The van der Waals surface area contributed by atoms with E-state index in [0.717, 1.165) is 0 Å². The molecule has 0 radical (unpaired) electrons. The molecule has 2 aromatic rings. The van der Waals surface area contributed by atoms with Crippen molar-refractivity contribution in [2.75, 3.05) is 11.8 Å². The molecule has 0 saturated carbocycles. The second-order valence-electron chi connectivity index (χ2n) is 4.15. The summed E-state index contributed by atoms with van der Waals surface area (Å²) >= 11 is 0. The molecule has 8 heteroatoms. The molecule has 0 unspecified atom stereocenters. The van der Waals surface area contributed by atoms with E-state index in [1.54, 1.807) is 25.2 Å². The molecule has 0 spiro atoms. The highest BCUT2D eigenvalue weighted by Gasteiger charge is 2.20. The number of rotatable bonds is 5. The second kappa shape index (κ2) is 5.51. The first-order valence-electron chi connectivity index (χ1n) is 5.85. The molecule has 20 heavy (non-hydrogen) atoms. The smallest absolute Gasteiger partial charge is 0.265 e. The third-order valence-electron chi connectivity index (χ3n) is 2.78. The number of benzene rings is 1. The molecule has 0 aliphatic rings. The Hall–Kier alpha value is -2.06. The summed E-state index contributed by atoms with van der Waals surface area (Å²) in [5.74, 6) is 0.417. The van der Waals surface area contributed by atoms with Gasteiger partial charge in [0.15, 0.2) is 0 Å². The van der Waals surface area contributed by atoms with Gasteiger partial charge in [-0.05, 0) is 11.6 Å². The monoisotopic (exact) mass is 296 g/mol. The lowest BCUT2D eigenvalue weighted by molar-refractivity contribution is 0.416. The lowest BCUT2D eigenvalue weighted by atomic mass is 10.1. The van der Waals surface area contributed by atoms with Crippen molar-refractivity contribution in [2.24, 2.45) is 12.8 Å². The fourth-order valence-electron chi connectivity index (χ4n) is 1.76. The van der Waals surface area contributed by atoms with Crippen molar-refractivity contribution in [3.8, 4) is 5.75 Å². The van der Waals surface area contributed by atoms with Gasteiger partial charge in [-0.15, -0.1) is 0 Å². The molecule has 1 aromatic heterocycles. The van der Waals surface area contributed by atoms with Gasteiger partial charge < -0.3 is 10.5 Å². The molecule has 0 aliphatic heterocycles. The molecule has 0 atom stereocenters. The Kier molecular flexibility index (Phi) is 3.96. The molecule has 0 saturated heterocycles. The van der Waals surface area contributed by atoms with Gasteiger partial charge >= 0.3 is 0 Å². The zero-order valence-corrected chi connectivity index (χ0v) is 12.0. The average Bonchev–Trinajstić information content (AvgIpc) is 2.86. The fraction of sp³-hybridized carbons (Fsp3) is 0.250. The summed E-state index contributed by atoms with van der Waals surface area (Å²) in [6.45, 7) is 0.197. The maximum atomic E-state index is 12.3. The van der Waals surface area contributed by atoms with Crippen LogP contribution in [0.15, 0.2) is 35.5 Å². The van der Waals surface area contributed by atoms with Gasteiger partial charge in [0.25, 0.3) is 10.0 Å². The largest absolute Gasteiger partial charge is 0.495 e. The van der Waals surface area contributed by atoms with Crippen molar-refractivity contribution in [1.82, 2.24) is 9.78 Å². The molecular weight excluding hydrogens is 280 g/mol. The number of anilines is 1. The molecule has 0 bridgehead atoms. The number of ether oxygens (including phenoxy) is 1. The van der Waals surface area contributed by atoms with Crippen LogP contribution in [-0.4, -0.2) is 25.3 Å². The van der Waals surface area contributed by atoms with Crippen LogP contribution >= 0.6 is 0 Å². The third kappa shape index (κ3) is 2.75. The van der Waals surface area contributed by atoms with Gasteiger partial charge in [-0.25, -0.2) is 8.42 Å². The van der Waals surface area contributed by atoms with Crippen LogP contribution in [0, 0.1) is 0 Å². The minimum Gasteiger partial charge on any atom is -0.495 e. The van der Waals surface area contributed by atoms with Gasteiger partial charge in [-0.1, -0.05) is 12.1 Å². The van der Waals surface area contributed by atoms with E-state index >= 15 is 0 Å². The number of methoxy groups -OCH3 is 1. The highest BCUT2D eigenvalue weighted by atomic mass is 32.2. The van der Waals surface area contributed by atoms with Crippen LogP contribution < -0.4 is 15.2 Å². The number of nitrogens with one attached hydrogen (secondary N) is 1. The topological polar surface area (TPSA) is 99.2 Å². The first kappa shape index (κ1) is 14.4. The van der Waals surface area contributed by atoms with E-state index in [2.05, 4.69) is 9.82 Å². The zero-order chi connectivity index (χ0) is 14.8. The van der Waals surface area contributed by atoms with Crippen LogP contribution in [0.2, 0.25) is 0 Å². The summed E-state index contributed by atoms with van der Waals surface area (Å²) in [5, 5.41) is 3.85. The molecule has 1 aromatic carbocycles. The molecular formula is C12H16N4O3S. The Bertz CT molecular complexity index is 687. The Morgan fingerprint density at radius 3 is 2.75 bits per heavy atom. The van der Waals surface area contributed by atoms with Crippen molar-refractivity contribution in [2.45, 2.75) is 11.4 Å². The van der Waals surface area contributed by atoms with Crippen molar-refractivity contribution in [1.29, 1.82) is 0 Å². The van der Waals surface area contributed by atoms with Gasteiger partial charge in [0.05, 0.1) is 19.0 Å². The highest BCUT2D eigenvalue weighted by Crippen LogP contribution is 2.30. The van der Waals surface area contributed by atoms with E-state index in [1.807, 2.05) is 0 Å². The third-order valence-corrected chi connectivity index (χ3v) is 4.08. The van der Waals surface area contributed by atoms with E-state index in [1.165, 1.54) is 24.2 Å². The number of hydrogen-bond acceptors (Lipinski definition) is 5. The number of aromatic nitrogens is 2. The van der Waals surface area contributed by atoms with E-state index in [4.69, 9.17) is 10.5 Å². The van der Waals surface area contributed by atoms with Gasteiger partial charge in [0.2, 0.25) is 0 Å². The summed E-state index contributed by atoms with van der Waals surface area (Å²) in [6.07, 6.45) is 2.69. The average molecular weight is 296 g/mol. The van der Waals surface area contributed by atoms with E-state index in [0.29, 0.717) is 17.0 Å². The van der Waals surface area contributed by atoms with Gasteiger partial charge in [0, 0.05) is 19.8 Å². The Labute approximate surface area is 117 Å². The zero-order valence-electron chi connectivity index (χ0n) is 11.2. The maximum absolute atomic E-state index is 12.3. The first-order chi connectivity index (χ1) is 9.47. The van der Waals surface area contributed by atoms with E-state index in [-0.39, 0.29) is 11.4 Å². The van der Waals surface area contributed by atoms with E-state index in [9.17, 15) is 8.42 Å². The lowest BCUT2D eigenvalue weighted by Gasteiger charge is -2.14. The van der Waals surface area contributed by atoms with Crippen LogP contribution in [0.25, 0.3) is 0 Å². The molecule has 1 heterocycles. The number of para-hydroxylation sites is 1. The molecule has 3 N–H and O–H groups in total. The summed E-state index contributed by atoms with van der Waals surface area (Å²) in [7, 11) is -0.611. The van der Waals surface area contributed by atoms with Crippen molar-refractivity contribution in [3.63, 3.8) is 0 Å². The van der Waals surface area contributed by atoms with Crippen LogP contribution in [0.5, 0.6) is 5.75 Å². The molecule has 0 aliphatic carbocycles. The predicted molar refractivity (Wildman–Crippen MR) is 74.9 cm³/mol. The van der Waals surface area contributed by atoms with Crippen molar-refractivity contribution >= 4 is 15.7 Å². The van der Waals surface area contributed by atoms with Gasteiger partial charge in [-0.3, -0.25) is 9.40 Å². The standard InChI is InChI=1S/C12H16N4O3S/c1-16-8-10(7-14-16)20(17,18)15-12-9(6-13)4-3-5-11(12)19-2/h3-5,7-8,15H,6,13H2,1-2H3. The highest BCUT2D eigenvalue weighted by molar-refractivity contribution is 7.92. The van der Waals surface area contributed by atoms with Gasteiger partial charge in [0.1, 0.15) is 10.6 Å². The quantitative estimate of drug-likeness (QED) is 0.845. The minimum atomic E-state index is -3.73. The van der Waals surface area contributed by atoms with Crippen molar-refractivity contribution in [3.05, 3.63) is 36.2 Å². The minimum absolute atomic E-state index is 0.0777. The SMILES string of the molecule is COc1cccc(CN)c1NS(=O)(=O)c1cnn(C)c1. The summed E-state index contributed by atoms with van der Waals surface area (Å²) in [6, 6.07) is 5.16. The Morgan fingerprint density at radius 1 is 1.45 bits per heavy atom. The normalized spacial score (nSPS) is 11.3. The van der Waals surface area contributed by atoms with Crippen LogP contribution in [0.1, 0.15) is 5.56 Å². The maximum Gasteiger partial charge on any atom is 0.265 e. The molecule has 2 rings (SSSR count). The number of hydrogen-bond donors (Lipinski definition) is 2. The van der Waals surface area contributed by atoms with Gasteiger partial charge in [-0.2, -0.15) is 5.10 Å². The van der Waals surface area contributed by atoms with Crippen LogP contribution in [0.4, 0.5) is 5.69 Å². The molecule has 0 amide bonds. The first-order valence-corrected chi connectivity index (χ1v) is 7.33. The molecule has 0 fully saturated rings. The van der Waals surface area contributed by atoms with E-state index < -0.39 is 10.0 Å². The summed E-state index contributed by atoms with van der Waals surface area (Å²) in [5.41, 5.74) is 6.63. The predicted octanol–water partition coefficient (Wildman–Crippen LogP) is 0.688.